The van der Waals surface area contributed by atoms with Crippen LogP contribution in [0.4, 0.5) is 0 Å². The Morgan fingerprint density at radius 2 is 2.00 bits per heavy atom. The summed E-state index contributed by atoms with van der Waals surface area (Å²) in [7, 11) is 0. The first-order chi connectivity index (χ1) is 3.18. The number of hydrogen-bond acceptors (Lipinski definition) is 2. The molecule has 2 nitrogen and oxygen atoms in total. The van der Waals surface area contributed by atoms with Gasteiger partial charge in [0.25, 0.3) is 0 Å². The molecule has 38 valence electrons. The Bertz CT molecular complexity index is 124. The van der Waals surface area contributed by atoms with Gasteiger partial charge in [0.2, 0.25) is 0 Å². The highest BCUT2D eigenvalue weighted by molar-refractivity contribution is 5.20. The fourth-order valence-electron chi connectivity index (χ4n) is 0.112. The molecule has 0 spiro atoms. The highest BCUT2D eigenvalue weighted by atomic mass is 14.6. The van der Waals surface area contributed by atoms with E-state index < -0.39 is 0 Å². The van der Waals surface area contributed by atoms with Crippen LogP contribution >= 0.6 is 0 Å². The summed E-state index contributed by atoms with van der Waals surface area (Å²) in [6.07, 6.45) is 0. The number of allylic oxidation sites excluding steroid dienone is 2. The first kappa shape index (κ1) is 6.03. The van der Waals surface area contributed by atoms with Crippen LogP contribution in [0.1, 0.15) is 13.8 Å². The van der Waals surface area contributed by atoms with E-state index in [0.29, 0.717) is 5.70 Å². The monoisotopic (exact) mass is 96.1 g/mol. The van der Waals surface area contributed by atoms with E-state index >= 15 is 0 Å². The molecule has 0 fully saturated rings. The maximum atomic E-state index is 8.07. The fourth-order valence-corrected chi connectivity index (χ4v) is 0.112. The quantitative estimate of drug-likeness (QED) is 0.452. The van der Waals surface area contributed by atoms with Crippen molar-refractivity contribution in [1.82, 2.24) is 0 Å². The molecule has 0 atom stereocenters. The maximum absolute atomic E-state index is 8.07. The van der Waals surface area contributed by atoms with Gasteiger partial charge in [-0.15, -0.1) is 0 Å². The third-order valence-electron chi connectivity index (χ3n) is 0.659. The number of nitrogens with two attached hydrogens (primary N) is 1. The molecule has 0 aromatic rings. The molecule has 0 amide bonds. The van der Waals surface area contributed by atoms with Crippen LogP contribution < -0.4 is 5.73 Å². The van der Waals surface area contributed by atoms with E-state index in [2.05, 4.69) is 0 Å². The van der Waals surface area contributed by atoms with Crippen LogP contribution in [-0.2, 0) is 0 Å². The van der Waals surface area contributed by atoms with Crippen molar-refractivity contribution in [3.05, 3.63) is 11.3 Å². The molecule has 0 aromatic heterocycles. The summed E-state index contributed by atoms with van der Waals surface area (Å²) in [6.45, 7) is 3.61. The first-order valence-electron chi connectivity index (χ1n) is 2.01. The van der Waals surface area contributed by atoms with Gasteiger partial charge in [0.15, 0.2) is 0 Å². The lowest BCUT2D eigenvalue weighted by Gasteiger charge is -1.85. The van der Waals surface area contributed by atoms with Gasteiger partial charge >= 0.3 is 0 Å². The third-order valence-corrected chi connectivity index (χ3v) is 0.659. The average Bonchev–Trinajstić information content (AvgIpc) is 1.65. The van der Waals surface area contributed by atoms with Gasteiger partial charge in [0.1, 0.15) is 11.8 Å². The van der Waals surface area contributed by atoms with Gasteiger partial charge in [-0.05, 0) is 19.4 Å². The molecule has 0 radical (unpaired) electrons. The zero-order valence-corrected chi connectivity index (χ0v) is 4.52. The summed E-state index contributed by atoms with van der Waals surface area (Å²) < 4.78 is 0. The molecule has 0 aliphatic heterocycles. The molecule has 7 heavy (non-hydrogen) atoms. The minimum Gasteiger partial charge on any atom is -0.390 e. The van der Waals surface area contributed by atoms with E-state index in [1.807, 2.05) is 6.07 Å². The average molecular weight is 96.1 g/mol. The second kappa shape index (κ2) is 2.25. The van der Waals surface area contributed by atoms with Crippen LogP contribution in [0.2, 0.25) is 0 Å². The number of hydrogen-bond donors (Lipinski definition) is 1. The molecule has 0 aliphatic rings. The molecule has 0 rings (SSSR count). The Morgan fingerprint density at radius 3 is 2.00 bits per heavy atom. The SMILES string of the molecule is CC(C)=C(N)C#N. The lowest BCUT2D eigenvalue weighted by molar-refractivity contribution is 1.25. The van der Waals surface area contributed by atoms with Crippen LogP contribution in [-0.4, -0.2) is 0 Å². The fraction of sp³-hybridized carbons (Fsp3) is 0.400. The summed E-state index contributed by atoms with van der Waals surface area (Å²) in [4.78, 5) is 0. The van der Waals surface area contributed by atoms with Crippen molar-refractivity contribution in [3.63, 3.8) is 0 Å². The van der Waals surface area contributed by atoms with Crippen molar-refractivity contribution in [2.24, 2.45) is 5.73 Å². The van der Waals surface area contributed by atoms with Gasteiger partial charge in [-0.25, -0.2) is 0 Å². The van der Waals surface area contributed by atoms with Gasteiger partial charge in [-0.1, -0.05) is 0 Å². The van der Waals surface area contributed by atoms with E-state index in [-0.39, 0.29) is 0 Å². The first-order valence-corrected chi connectivity index (χ1v) is 2.01. The van der Waals surface area contributed by atoms with Gasteiger partial charge in [0, 0.05) is 0 Å². The van der Waals surface area contributed by atoms with E-state index in [4.69, 9.17) is 11.0 Å². The lowest BCUT2D eigenvalue weighted by Crippen LogP contribution is -1.94. The summed E-state index contributed by atoms with van der Waals surface area (Å²) in [5, 5.41) is 8.07. The third kappa shape index (κ3) is 1.83. The molecule has 2 heteroatoms. The second-order valence-electron chi connectivity index (χ2n) is 1.53. The summed E-state index contributed by atoms with van der Waals surface area (Å²) in [6, 6.07) is 1.82. The number of rotatable bonds is 0. The van der Waals surface area contributed by atoms with Crippen molar-refractivity contribution in [3.8, 4) is 6.07 Å². The standard InChI is InChI=1S/C5H8N2/c1-4(2)5(7)3-6/h7H2,1-2H3. The summed E-state index contributed by atoms with van der Waals surface area (Å²) in [5.74, 6) is 0. The minimum atomic E-state index is 0.319. The Labute approximate surface area is 43.2 Å². The Morgan fingerprint density at radius 1 is 1.57 bits per heavy atom. The van der Waals surface area contributed by atoms with Gasteiger partial charge in [-0.3, -0.25) is 0 Å². The molecule has 0 bridgehead atoms. The molecular formula is C5H8N2. The van der Waals surface area contributed by atoms with E-state index in [1.54, 1.807) is 13.8 Å². The van der Waals surface area contributed by atoms with Gasteiger partial charge in [0.05, 0.1) is 0 Å². The molecular weight excluding hydrogens is 88.1 g/mol. The van der Waals surface area contributed by atoms with E-state index in [1.165, 1.54) is 0 Å². The van der Waals surface area contributed by atoms with Crippen molar-refractivity contribution in [1.29, 1.82) is 5.26 Å². The smallest absolute Gasteiger partial charge is 0.117 e. The normalized spacial score (nSPS) is 7.00. The highest BCUT2D eigenvalue weighted by Crippen LogP contribution is 1.90. The van der Waals surface area contributed by atoms with E-state index in [0.717, 1.165) is 5.57 Å². The molecule has 0 saturated heterocycles. The predicted octanol–water partition coefficient (Wildman–Crippen LogP) is 0.763. The zero-order chi connectivity index (χ0) is 5.86. The van der Waals surface area contributed by atoms with Crippen molar-refractivity contribution < 1.29 is 0 Å². The molecule has 0 heterocycles. The van der Waals surface area contributed by atoms with Crippen molar-refractivity contribution in [2.75, 3.05) is 0 Å². The van der Waals surface area contributed by atoms with Gasteiger partial charge in [-0.2, -0.15) is 5.26 Å². The molecule has 0 aromatic carbocycles. The van der Waals surface area contributed by atoms with Crippen LogP contribution in [0.3, 0.4) is 0 Å². The second-order valence-corrected chi connectivity index (χ2v) is 1.53. The van der Waals surface area contributed by atoms with Crippen LogP contribution in [0.5, 0.6) is 0 Å². The number of nitrogens with zero attached hydrogens (tertiary/aromatic N) is 1. The number of nitriles is 1. The maximum Gasteiger partial charge on any atom is 0.117 e. The molecule has 0 aliphatic carbocycles. The highest BCUT2D eigenvalue weighted by Gasteiger charge is 1.83. The lowest BCUT2D eigenvalue weighted by atomic mass is 10.3. The van der Waals surface area contributed by atoms with Gasteiger partial charge < -0.3 is 5.73 Å². The van der Waals surface area contributed by atoms with Crippen molar-refractivity contribution >= 4 is 0 Å². The molecule has 0 saturated carbocycles. The van der Waals surface area contributed by atoms with Crippen LogP contribution in [0, 0.1) is 11.3 Å². The van der Waals surface area contributed by atoms with E-state index in [9.17, 15) is 0 Å². The Balaban J connectivity index is 4.07. The zero-order valence-electron chi connectivity index (χ0n) is 4.52. The predicted molar refractivity (Wildman–Crippen MR) is 28.2 cm³/mol. The minimum absolute atomic E-state index is 0.319. The Kier molecular flexibility index (Phi) is 1.94. The Hall–Kier alpha value is -0.970. The van der Waals surface area contributed by atoms with Crippen LogP contribution in [0.25, 0.3) is 0 Å². The topological polar surface area (TPSA) is 49.8 Å². The largest absolute Gasteiger partial charge is 0.390 e. The molecule has 0 unspecified atom stereocenters. The molecule has 2 N–H and O–H groups in total. The van der Waals surface area contributed by atoms with Crippen LogP contribution in [0.15, 0.2) is 11.3 Å². The van der Waals surface area contributed by atoms with Crippen molar-refractivity contribution in [2.45, 2.75) is 13.8 Å². The summed E-state index contributed by atoms with van der Waals surface area (Å²) in [5.41, 5.74) is 6.33. The summed E-state index contributed by atoms with van der Waals surface area (Å²) >= 11 is 0.